The van der Waals surface area contributed by atoms with Crippen molar-refractivity contribution in [3.8, 4) is 17.2 Å². The van der Waals surface area contributed by atoms with Crippen molar-refractivity contribution in [1.82, 2.24) is 4.90 Å². The third-order valence-corrected chi connectivity index (χ3v) is 8.55. The zero-order valence-electron chi connectivity index (χ0n) is 24.0. The van der Waals surface area contributed by atoms with E-state index in [9.17, 15) is 5.11 Å². The van der Waals surface area contributed by atoms with Crippen LogP contribution in [0, 0.1) is 5.82 Å². The van der Waals surface area contributed by atoms with Gasteiger partial charge in [0.25, 0.3) is 0 Å². The fourth-order valence-electron chi connectivity index (χ4n) is 6.27. The molecule has 0 spiro atoms. The molecule has 0 amide bonds. The van der Waals surface area contributed by atoms with E-state index in [2.05, 4.69) is 34.9 Å². The first-order valence-electron chi connectivity index (χ1n) is 14.9. The van der Waals surface area contributed by atoms with Gasteiger partial charge in [-0.3, -0.25) is 4.90 Å². The number of methoxy groups -OCH3 is 1. The third-order valence-electron chi connectivity index (χ3n) is 8.55. The Hall–Kier alpha value is -3.25. The summed E-state index contributed by atoms with van der Waals surface area (Å²) in [6, 6.07) is 17.5. The molecule has 1 aliphatic carbocycles. The van der Waals surface area contributed by atoms with Crippen LogP contribution in [-0.4, -0.2) is 49.9 Å². The summed E-state index contributed by atoms with van der Waals surface area (Å²) in [7, 11) is 1.69. The van der Waals surface area contributed by atoms with Gasteiger partial charge in [0, 0.05) is 31.4 Å². The number of rotatable bonds is 10. The first-order chi connectivity index (χ1) is 19.5. The summed E-state index contributed by atoms with van der Waals surface area (Å²) < 4.78 is 26.6. The standard InChI is InChI=1S/C34H43FN2O3/c1-3-37(24-25-8-15-34(32(35)20-25)40-19-18-36-16-6-4-5-7-17-36)33-23-30(39-2)13-14-31(33)28-10-9-27-22-29(38)12-11-26(27)21-28/h8,11-15,20,22-23,28,38H,3-7,9-10,16-19,21,24H2,1-2H3/t28-/m1/s1. The van der Waals surface area contributed by atoms with Crippen LogP contribution < -0.4 is 14.4 Å². The van der Waals surface area contributed by atoms with Crippen LogP contribution in [0.3, 0.4) is 0 Å². The van der Waals surface area contributed by atoms with Crippen molar-refractivity contribution in [2.24, 2.45) is 0 Å². The summed E-state index contributed by atoms with van der Waals surface area (Å²) in [5.41, 5.74) is 5.87. The van der Waals surface area contributed by atoms with Gasteiger partial charge < -0.3 is 19.5 Å². The lowest BCUT2D eigenvalue weighted by Gasteiger charge is -2.32. The van der Waals surface area contributed by atoms with Gasteiger partial charge in [-0.05, 0) is 111 Å². The molecular weight excluding hydrogens is 503 g/mol. The highest BCUT2D eigenvalue weighted by molar-refractivity contribution is 5.60. The Morgan fingerprint density at radius 2 is 1.80 bits per heavy atom. The van der Waals surface area contributed by atoms with Gasteiger partial charge in [-0.25, -0.2) is 4.39 Å². The molecule has 0 aromatic heterocycles. The largest absolute Gasteiger partial charge is 0.508 e. The van der Waals surface area contributed by atoms with Crippen molar-refractivity contribution in [3.63, 3.8) is 0 Å². The van der Waals surface area contributed by atoms with E-state index in [-0.39, 0.29) is 5.82 Å². The smallest absolute Gasteiger partial charge is 0.165 e. The second-order valence-electron chi connectivity index (χ2n) is 11.2. The maximum atomic E-state index is 15.1. The molecule has 0 unspecified atom stereocenters. The van der Waals surface area contributed by atoms with Gasteiger partial charge in [-0.2, -0.15) is 0 Å². The normalized spacial score (nSPS) is 17.6. The van der Waals surface area contributed by atoms with Gasteiger partial charge in [-0.1, -0.05) is 31.0 Å². The predicted octanol–water partition coefficient (Wildman–Crippen LogP) is 7.09. The Labute approximate surface area is 238 Å². The molecule has 1 fully saturated rings. The quantitative estimate of drug-likeness (QED) is 0.294. The monoisotopic (exact) mass is 546 g/mol. The van der Waals surface area contributed by atoms with Crippen LogP contribution in [0.25, 0.3) is 0 Å². The van der Waals surface area contributed by atoms with Crippen LogP contribution in [0.2, 0.25) is 0 Å². The van der Waals surface area contributed by atoms with Gasteiger partial charge in [0.1, 0.15) is 18.1 Å². The molecule has 1 heterocycles. The average Bonchev–Trinajstić information content (AvgIpc) is 3.25. The molecule has 5 nitrogen and oxygen atoms in total. The molecule has 1 saturated heterocycles. The van der Waals surface area contributed by atoms with Gasteiger partial charge in [0.2, 0.25) is 0 Å². The van der Waals surface area contributed by atoms with Crippen LogP contribution in [0.5, 0.6) is 17.2 Å². The summed E-state index contributed by atoms with van der Waals surface area (Å²) in [6.45, 7) is 7.09. The highest BCUT2D eigenvalue weighted by atomic mass is 19.1. The minimum Gasteiger partial charge on any atom is -0.508 e. The minimum atomic E-state index is -0.303. The van der Waals surface area contributed by atoms with Gasteiger partial charge in [0.15, 0.2) is 11.6 Å². The van der Waals surface area contributed by atoms with Crippen molar-refractivity contribution < 1.29 is 19.0 Å². The van der Waals surface area contributed by atoms with E-state index in [4.69, 9.17) is 9.47 Å². The molecule has 214 valence electrons. The number of likely N-dealkylation sites (tertiary alicyclic amines) is 1. The van der Waals surface area contributed by atoms with Crippen molar-refractivity contribution in [2.45, 2.75) is 64.3 Å². The number of phenols is 1. The molecule has 3 aromatic rings. The van der Waals surface area contributed by atoms with Crippen LogP contribution in [0.4, 0.5) is 10.1 Å². The van der Waals surface area contributed by atoms with Crippen LogP contribution in [-0.2, 0) is 19.4 Å². The molecule has 0 bridgehead atoms. The summed E-state index contributed by atoms with van der Waals surface area (Å²) in [6.07, 6.45) is 7.99. The number of fused-ring (bicyclic) bond motifs is 1. The van der Waals surface area contributed by atoms with Crippen molar-refractivity contribution in [2.75, 3.05) is 44.8 Å². The molecule has 40 heavy (non-hydrogen) atoms. The number of nitrogens with zero attached hydrogens (tertiary/aromatic N) is 2. The van der Waals surface area contributed by atoms with E-state index >= 15 is 4.39 Å². The molecule has 0 saturated carbocycles. The van der Waals surface area contributed by atoms with E-state index in [0.29, 0.717) is 30.6 Å². The zero-order chi connectivity index (χ0) is 27.9. The average molecular weight is 547 g/mol. The Balaban J connectivity index is 1.29. The topological polar surface area (TPSA) is 45.2 Å². The molecule has 1 aliphatic heterocycles. The number of anilines is 1. The molecule has 2 aliphatic rings. The lowest BCUT2D eigenvalue weighted by Crippen LogP contribution is -2.29. The van der Waals surface area contributed by atoms with Gasteiger partial charge >= 0.3 is 0 Å². The lowest BCUT2D eigenvalue weighted by atomic mass is 9.79. The summed E-state index contributed by atoms with van der Waals surface area (Å²) in [5, 5.41) is 9.90. The summed E-state index contributed by atoms with van der Waals surface area (Å²) in [5.74, 6) is 1.54. The number of aromatic hydroxyl groups is 1. The zero-order valence-corrected chi connectivity index (χ0v) is 24.0. The Bertz CT molecular complexity index is 1270. The highest BCUT2D eigenvalue weighted by Crippen LogP contribution is 2.40. The first-order valence-corrected chi connectivity index (χ1v) is 14.9. The number of phenolic OH excluding ortho intramolecular Hbond substituents is 1. The second kappa shape index (κ2) is 13.4. The van der Waals surface area contributed by atoms with Crippen molar-refractivity contribution in [1.29, 1.82) is 0 Å². The number of halogens is 1. The van der Waals surface area contributed by atoms with Crippen LogP contribution >= 0.6 is 0 Å². The number of benzene rings is 3. The van der Waals surface area contributed by atoms with Crippen LogP contribution in [0.15, 0.2) is 54.6 Å². The maximum absolute atomic E-state index is 15.1. The van der Waals surface area contributed by atoms with E-state index in [0.717, 1.165) is 62.4 Å². The Morgan fingerprint density at radius 1 is 0.975 bits per heavy atom. The number of hydrogen-bond acceptors (Lipinski definition) is 5. The lowest BCUT2D eigenvalue weighted by molar-refractivity contribution is 0.209. The second-order valence-corrected chi connectivity index (χ2v) is 11.2. The van der Waals surface area contributed by atoms with E-state index < -0.39 is 0 Å². The van der Waals surface area contributed by atoms with Gasteiger partial charge in [0.05, 0.1) is 7.11 Å². The van der Waals surface area contributed by atoms with Crippen molar-refractivity contribution >= 4 is 5.69 Å². The predicted molar refractivity (Wildman–Crippen MR) is 159 cm³/mol. The fraction of sp³-hybridized carbons (Fsp3) is 0.471. The summed E-state index contributed by atoms with van der Waals surface area (Å²) in [4.78, 5) is 4.73. The SMILES string of the molecule is CCN(Cc1ccc(OCCN2CCCCCC2)c(F)c1)c1cc(OC)ccc1[C@@H]1CCc2cc(O)ccc2C1. The maximum Gasteiger partial charge on any atom is 0.165 e. The fourth-order valence-corrected chi connectivity index (χ4v) is 6.27. The number of ether oxygens (including phenoxy) is 2. The number of aryl methyl sites for hydroxylation is 1. The van der Waals surface area contributed by atoms with Crippen molar-refractivity contribution in [3.05, 3.63) is 82.7 Å². The Morgan fingerprint density at radius 3 is 2.55 bits per heavy atom. The third kappa shape index (κ3) is 6.90. The van der Waals surface area contributed by atoms with E-state index in [1.165, 1.54) is 42.4 Å². The number of hydrogen-bond donors (Lipinski definition) is 1. The minimum absolute atomic E-state index is 0.303. The highest BCUT2D eigenvalue weighted by Gasteiger charge is 2.25. The van der Waals surface area contributed by atoms with Gasteiger partial charge in [-0.15, -0.1) is 0 Å². The molecule has 3 aromatic carbocycles. The molecule has 1 atom stereocenters. The Kier molecular flexibility index (Phi) is 9.48. The van der Waals surface area contributed by atoms with E-state index in [1.807, 2.05) is 18.2 Å². The van der Waals surface area contributed by atoms with E-state index in [1.54, 1.807) is 25.3 Å². The summed E-state index contributed by atoms with van der Waals surface area (Å²) >= 11 is 0. The molecular formula is C34H43FN2O3. The molecule has 0 radical (unpaired) electrons. The molecule has 6 heteroatoms. The molecule has 1 N–H and O–H groups in total. The first kappa shape index (κ1) is 28.3. The van der Waals surface area contributed by atoms with Crippen LogP contribution in [0.1, 0.15) is 67.2 Å². The molecule has 5 rings (SSSR count).